The maximum Gasteiger partial charge on any atom is 0.315 e. The number of carbonyl (C=O) groups is 3. The van der Waals surface area contributed by atoms with Crippen molar-refractivity contribution in [3.63, 3.8) is 0 Å². The molecule has 4 heterocycles. The topological polar surface area (TPSA) is 129 Å². The maximum atomic E-state index is 13.1. The second-order valence-corrected chi connectivity index (χ2v) is 8.17. The number of aromatic nitrogens is 2. The molecule has 3 aliphatic rings. The van der Waals surface area contributed by atoms with E-state index in [1.807, 2.05) is 18.2 Å². The summed E-state index contributed by atoms with van der Waals surface area (Å²) in [5.41, 5.74) is 2.27. The molecule has 10 nitrogen and oxygen atoms in total. The van der Waals surface area contributed by atoms with E-state index in [1.54, 1.807) is 4.90 Å². The number of benzene rings is 1. The van der Waals surface area contributed by atoms with Crippen LogP contribution < -0.4 is 16.0 Å². The third-order valence-corrected chi connectivity index (χ3v) is 6.20. The molecule has 2 aromatic rings. The average molecular weight is 424 g/mol. The van der Waals surface area contributed by atoms with E-state index in [0.29, 0.717) is 37.0 Å². The first-order valence-electron chi connectivity index (χ1n) is 10.6. The lowest BCUT2D eigenvalue weighted by Gasteiger charge is -2.29. The van der Waals surface area contributed by atoms with Crippen LogP contribution in [0, 0.1) is 0 Å². The number of fused-ring (bicyclic) bond motifs is 1. The lowest BCUT2D eigenvalue weighted by molar-refractivity contribution is -0.136. The third kappa shape index (κ3) is 3.78. The quantitative estimate of drug-likeness (QED) is 0.604. The number of hydrogen-bond acceptors (Lipinski definition) is 8. The number of nitrogens with one attached hydrogen (secondary N) is 3. The van der Waals surface area contributed by atoms with Gasteiger partial charge < -0.3 is 20.0 Å². The van der Waals surface area contributed by atoms with Gasteiger partial charge in [-0.05, 0) is 43.5 Å². The fourth-order valence-electron chi connectivity index (χ4n) is 4.55. The predicted octanol–water partition coefficient (Wildman–Crippen LogP) is 0.910. The van der Waals surface area contributed by atoms with E-state index in [2.05, 4.69) is 26.1 Å². The summed E-state index contributed by atoms with van der Waals surface area (Å²) in [6.07, 6.45) is 2.53. The van der Waals surface area contributed by atoms with E-state index in [-0.39, 0.29) is 24.2 Å². The molecule has 3 N–H and O–H groups in total. The van der Waals surface area contributed by atoms with Crippen LogP contribution in [0.5, 0.6) is 0 Å². The van der Waals surface area contributed by atoms with Crippen molar-refractivity contribution in [2.45, 2.75) is 50.7 Å². The molecule has 2 fully saturated rings. The van der Waals surface area contributed by atoms with Crippen LogP contribution in [-0.2, 0) is 22.7 Å². The van der Waals surface area contributed by atoms with Gasteiger partial charge in [0.2, 0.25) is 17.7 Å². The zero-order valence-corrected chi connectivity index (χ0v) is 17.0. The molecule has 162 valence electrons. The molecule has 0 saturated carbocycles. The Morgan fingerprint density at radius 2 is 1.97 bits per heavy atom. The van der Waals surface area contributed by atoms with Gasteiger partial charge in [-0.2, -0.15) is 0 Å². The monoisotopic (exact) mass is 424 g/mol. The van der Waals surface area contributed by atoms with Crippen LogP contribution in [-0.4, -0.2) is 52.0 Å². The van der Waals surface area contributed by atoms with Crippen LogP contribution in [0.4, 0.5) is 6.01 Å². The smallest absolute Gasteiger partial charge is 0.315 e. The summed E-state index contributed by atoms with van der Waals surface area (Å²) in [4.78, 5) is 38.4. The zero-order valence-electron chi connectivity index (χ0n) is 17.0. The molecule has 0 radical (unpaired) electrons. The first-order chi connectivity index (χ1) is 15.1. The number of rotatable bonds is 5. The Labute approximate surface area is 178 Å². The summed E-state index contributed by atoms with van der Waals surface area (Å²) in [6.45, 7) is 2.59. The number of carbonyl (C=O) groups excluding carboxylic acids is 3. The maximum absolute atomic E-state index is 13.1. The fourth-order valence-corrected chi connectivity index (χ4v) is 4.55. The molecule has 0 bridgehead atoms. The summed E-state index contributed by atoms with van der Waals surface area (Å²) < 4.78 is 5.79. The fraction of sp³-hybridized carbons (Fsp3) is 0.476. The Morgan fingerprint density at radius 3 is 2.77 bits per heavy atom. The molecule has 1 unspecified atom stereocenters. The Bertz CT molecular complexity index is 1030. The normalized spacial score (nSPS) is 21.9. The number of anilines is 1. The summed E-state index contributed by atoms with van der Waals surface area (Å²) >= 11 is 0. The van der Waals surface area contributed by atoms with E-state index in [1.165, 1.54) is 0 Å². The highest BCUT2D eigenvalue weighted by molar-refractivity contribution is 6.06. The van der Waals surface area contributed by atoms with Gasteiger partial charge in [0, 0.05) is 31.0 Å². The van der Waals surface area contributed by atoms with Crippen LogP contribution in [0.25, 0.3) is 0 Å². The summed E-state index contributed by atoms with van der Waals surface area (Å²) in [6, 6.07) is 5.37. The molecule has 3 amide bonds. The summed E-state index contributed by atoms with van der Waals surface area (Å²) in [5, 5.41) is 17.0. The van der Waals surface area contributed by atoms with Gasteiger partial charge in [0.25, 0.3) is 5.91 Å². The van der Waals surface area contributed by atoms with Crippen LogP contribution in [0.1, 0.15) is 59.0 Å². The number of piperidine rings is 2. The van der Waals surface area contributed by atoms with Gasteiger partial charge in [-0.1, -0.05) is 23.3 Å². The summed E-state index contributed by atoms with van der Waals surface area (Å²) in [7, 11) is 0. The number of hydrogen-bond donors (Lipinski definition) is 3. The second kappa shape index (κ2) is 8.10. The van der Waals surface area contributed by atoms with Crippen LogP contribution in [0.3, 0.4) is 0 Å². The molecule has 10 heteroatoms. The predicted molar refractivity (Wildman–Crippen MR) is 109 cm³/mol. The molecule has 2 saturated heterocycles. The largest absolute Gasteiger partial charge is 0.408 e. The van der Waals surface area contributed by atoms with E-state index in [0.717, 1.165) is 37.1 Å². The lowest BCUT2D eigenvalue weighted by Crippen LogP contribution is -2.52. The van der Waals surface area contributed by atoms with Crippen LogP contribution >= 0.6 is 0 Å². The Balaban J connectivity index is 1.28. The van der Waals surface area contributed by atoms with E-state index < -0.39 is 11.9 Å². The molecule has 3 aliphatic heterocycles. The van der Waals surface area contributed by atoms with Gasteiger partial charge in [-0.15, -0.1) is 5.10 Å². The van der Waals surface area contributed by atoms with E-state index in [4.69, 9.17) is 4.42 Å². The number of nitrogens with zero attached hydrogens (tertiary/aromatic N) is 3. The van der Waals surface area contributed by atoms with Gasteiger partial charge >= 0.3 is 6.01 Å². The molecule has 31 heavy (non-hydrogen) atoms. The average Bonchev–Trinajstić information content (AvgIpc) is 3.38. The van der Waals surface area contributed by atoms with Crippen LogP contribution in [0.15, 0.2) is 22.6 Å². The number of imide groups is 1. The third-order valence-electron chi connectivity index (χ3n) is 6.20. The van der Waals surface area contributed by atoms with E-state index in [9.17, 15) is 14.4 Å². The first-order valence-corrected chi connectivity index (χ1v) is 10.6. The standard InChI is InChI=1S/C21H24N6O4/c28-16-5-4-15(18(29)24-16)27-11-14-3-1-2-13(17(14)20(27)30)10-23-21-26-25-19(31-21)12-6-8-22-9-7-12/h1-3,12,15,22H,4-11H2,(H,23,26)(H,24,28,29). The molecular formula is C21H24N6O4. The Hall–Kier alpha value is -3.27. The van der Waals surface area contributed by atoms with Crippen molar-refractivity contribution in [1.82, 2.24) is 25.7 Å². The van der Waals surface area contributed by atoms with Gasteiger partial charge in [0.05, 0.1) is 0 Å². The first kappa shape index (κ1) is 19.7. The second-order valence-electron chi connectivity index (χ2n) is 8.17. The van der Waals surface area contributed by atoms with Gasteiger partial charge in [0.15, 0.2) is 0 Å². The van der Waals surface area contributed by atoms with Crippen molar-refractivity contribution < 1.29 is 18.8 Å². The Morgan fingerprint density at radius 1 is 1.13 bits per heavy atom. The van der Waals surface area contributed by atoms with Crippen molar-refractivity contribution in [2.75, 3.05) is 18.4 Å². The molecule has 1 aromatic heterocycles. The lowest BCUT2D eigenvalue weighted by atomic mass is 9.98. The highest BCUT2D eigenvalue weighted by Gasteiger charge is 2.39. The minimum absolute atomic E-state index is 0.192. The highest BCUT2D eigenvalue weighted by atomic mass is 16.4. The number of amides is 3. The Kier molecular flexibility index (Phi) is 5.14. The van der Waals surface area contributed by atoms with Gasteiger partial charge in [-0.25, -0.2) is 0 Å². The van der Waals surface area contributed by atoms with Gasteiger partial charge in [-0.3, -0.25) is 19.7 Å². The molecule has 1 atom stereocenters. The van der Waals surface area contributed by atoms with E-state index >= 15 is 0 Å². The van der Waals surface area contributed by atoms with Crippen molar-refractivity contribution in [3.8, 4) is 0 Å². The molecule has 1 aromatic carbocycles. The minimum Gasteiger partial charge on any atom is -0.408 e. The van der Waals surface area contributed by atoms with Crippen molar-refractivity contribution in [3.05, 3.63) is 40.8 Å². The molecular weight excluding hydrogens is 400 g/mol. The highest BCUT2D eigenvalue weighted by Crippen LogP contribution is 2.30. The minimum atomic E-state index is -0.623. The van der Waals surface area contributed by atoms with Crippen molar-refractivity contribution in [2.24, 2.45) is 0 Å². The summed E-state index contributed by atoms with van der Waals surface area (Å²) in [5.74, 6) is 0.0197. The van der Waals surface area contributed by atoms with Crippen molar-refractivity contribution in [1.29, 1.82) is 0 Å². The van der Waals surface area contributed by atoms with Crippen LogP contribution in [0.2, 0.25) is 0 Å². The molecule has 5 rings (SSSR count). The molecule has 0 aliphatic carbocycles. The zero-order chi connectivity index (χ0) is 21.4. The molecule has 0 spiro atoms. The SMILES string of the molecule is O=C1CCC(N2Cc3cccc(CNc4nnc(C5CCNCC5)o4)c3C2=O)C(=O)N1. The van der Waals surface area contributed by atoms with Crippen molar-refractivity contribution >= 4 is 23.7 Å². The van der Waals surface area contributed by atoms with Gasteiger partial charge in [0.1, 0.15) is 6.04 Å².